The van der Waals surface area contributed by atoms with Crippen molar-refractivity contribution in [2.75, 3.05) is 19.8 Å². The summed E-state index contributed by atoms with van der Waals surface area (Å²) in [6.07, 6.45) is 0. The summed E-state index contributed by atoms with van der Waals surface area (Å²) < 4.78 is 0. The molecular weight excluding hydrogens is 356 g/mol. The van der Waals surface area contributed by atoms with Crippen LogP contribution in [-0.4, -0.2) is 36.6 Å². The summed E-state index contributed by atoms with van der Waals surface area (Å²) in [6.45, 7) is 0.455. The molecule has 0 fully saturated rings. The molecule has 0 aliphatic rings. The number of hydrogen-bond acceptors (Lipinski definition) is 3. The third kappa shape index (κ3) is 6.44. The van der Waals surface area contributed by atoms with Gasteiger partial charge in [0, 0.05) is 37.0 Å². The van der Waals surface area contributed by atoms with Crippen LogP contribution in [0.5, 0.6) is 0 Å². The molecule has 2 aromatic carbocycles. The number of carbonyl (C=O) groups is 2. The van der Waals surface area contributed by atoms with Crippen LogP contribution in [0.15, 0.2) is 48.5 Å². The van der Waals surface area contributed by atoms with Gasteiger partial charge in [-0.2, -0.15) is 0 Å². The van der Waals surface area contributed by atoms with Gasteiger partial charge in [0.05, 0.1) is 5.75 Å². The summed E-state index contributed by atoms with van der Waals surface area (Å²) in [5, 5.41) is 3.60. The molecule has 25 heavy (non-hydrogen) atoms. The van der Waals surface area contributed by atoms with Crippen LogP contribution in [0.25, 0.3) is 0 Å². The van der Waals surface area contributed by atoms with Gasteiger partial charge in [0.1, 0.15) is 0 Å². The zero-order valence-corrected chi connectivity index (χ0v) is 15.9. The molecule has 0 aliphatic carbocycles. The largest absolute Gasteiger partial charge is 0.351 e. The summed E-state index contributed by atoms with van der Waals surface area (Å²) in [5.41, 5.74) is 2.74. The monoisotopic (exact) mass is 376 g/mol. The number of nitrogens with zero attached hydrogens (tertiary/aromatic N) is 1. The highest BCUT2D eigenvalue weighted by molar-refractivity contribution is 7.99. The molecule has 2 rings (SSSR count). The van der Waals surface area contributed by atoms with Crippen molar-refractivity contribution < 1.29 is 9.59 Å². The van der Waals surface area contributed by atoms with Gasteiger partial charge in [-0.15, -0.1) is 11.8 Å². The van der Waals surface area contributed by atoms with Crippen molar-refractivity contribution in [3.63, 3.8) is 0 Å². The number of carbonyl (C=O) groups excluding carboxylic acids is 2. The van der Waals surface area contributed by atoms with Crippen molar-refractivity contribution in [1.82, 2.24) is 10.2 Å². The maximum Gasteiger partial charge on any atom is 0.253 e. The van der Waals surface area contributed by atoms with E-state index in [-0.39, 0.29) is 11.8 Å². The number of hydrogen-bond donors (Lipinski definition) is 1. The lowest BCUT2D eigenvalue weighted by Gasteiger charge is -2.11. The van der Waals surface area contributed by atoms with Gasteiger partial charge in [0.15, 0.2) is 0 Å². The van der Waals surface area contributed by atoms with E-state index in [9.17, 15) is 9.59 Å². The van der Waals surface area contributed by atoms with Gasteiger partial charge in [-0.1, -0.05) is 35.9 Å². The molecule has 0 aliphatic heterocycles. The van der Waals surface area contributed by atoms with E-state index in [2.05, 4.69) is 5.32 Å². The van der Waals surface area contributed by atoms with Crippen molar-refractivity contribution >= 4 is 35.2 Å². The third-order valence-corrected chi connectivity index (χ3v) is 4.77. The number of rotatable bonds is 7. The van der Waals surface area contributed by atoms with Crippen molar-refractivity contribution in [3.05, 3.63) is 70.2 Å². The van der Waals surface area contributed by atoms with Crippen LogP contribution in [0.3, 0.4) is 0 Å². The Hall–Kier alpha value is -1.98. The van der Waals surface area contributed by atoms with E-state index in [0.29, 0.717) is 22.9 Å². The Morgan fingerprint density at radius 1 is 1.00 bits per heavy atom. The number of thioether (sulfide) groups is 1. The smallest absolute Gasteiger partial charge is 0.253 e. The lowest BCUT2D eigenvalue weighted by molar-refractivity contribution is -0.118. The van der Waals surface area contributed by atoms with Gasteiger partial charge < -0.3 is 10.2 Å². The molecule has 132 valence electrons. The van der Waals surface area contributed by atoms with Crippen molar-refractivity contribution in [2.45, 2.75) is 12.3 Å². The fraction of sp³-hybridized carbons (Fsp3) is 0.263. The quantitative estimate of drug-likeness (QED) is 0.803. The zero-order valence-electron chi connectivity index (χ0n) is 14.3. The number of halogens is 1. The molecule has 0 aromatic heterocycles. The third-order valence-electron chi connectivity index (χ3n) is 3.51. The molecule has 0 saturated carbocycles. The van der Waals surface area contributed by atoms with Gasteiger partial charge in [-0.3, -0.25) is 9.59 Å². The second-order valence-electron chi connectivity index (χ2n) is 5.79. The minimum absolute atomic E-state index is 0.00703. The Bertz CT molecular complexity index is 715. The van der Waals surface area contributed by atoms with E-state index < -0.39 is 0 Å². The van der Waals surface area contributed by atoms with E-state index in [0.717, 1.165) is 16.9 Å². The maximum absolute atomic E-state index is 11.9. The second-order valence-corrected chi connectivity index (χ2v) is 7.21. The van der Waals surface area contributed by atoms with Crippen LogP contribution in [0.2, 0.25) is 5.02 Å². The molecule has 6 heteroatoms. The average Bonchev–Trinajstić information content (AvgIpc) is 2.61. The zero-order chi connectivity index (χ0) is 18.2. The van der Waals surface area contributed by atoms with E-state index in [1.165, 1.54) is 4.90 Å². The standard InChI is InChI=1S/C19H21ClN2O2S/c1-22(2)19(24)16-7-3-14(4-8-16)11-21-18(23)13-25-12-15-5-9-17(20)10-6-15/h3-10H,11-13H2,1-2H3,(H,21,23). The van der Waals surface area contributed by atoms with Crippen molar-refractivity contribution in [2.24, 2.45) is 0 Å². The summed E-state index contributed by atoms with van der Waals surface area (Å²) in [7, 11) is 3.44. The molecule has 2 aromatic rings. The summed E-state index contributed by atoms with van der Waals surface area (Å²) in [4.78, 5) is 25.3. The normalized spacial score (nSPS) is 10.4. The molecule has 0 radical (unpaired) electrons. The average molecular weight is 377 g/mol. The van der Waals surface area contributed by atoms with Gasteiger partial charge in [0.25, 0.3) is 5.91 Å². The van der Waals surface area contributed by atoms with Crippen LogP contribution in [0, 0.1) is 0 Å². The molecule has 1 N–H and O–H groups in total. The first-order chi connectivity index (χ1) is 12.0. The highest BCUT2D eigenvalue weighted by atomic mass is 35.5. The summed E-state index contributed by atoms with van der Waals surface area (Å²) in [6, 6.07) is 14.9. The van der Waals surface area contributed by atoms with Crippen LogP contribution in [0.1, 0.15) is 21.5 Å². The van der Waals surface area contributed by atoms with E-state index in [1.807, 2.05) is 36.4 Å². The number of amides is 2. The molecule has 2 amide bonds. The lowest BCUT2D eigenvalue weighted by Crippen LogP contribution is -2.25. The summed E-state index contributed by atoms with van der Waals surface area (Å²) in [5.74, 6) is 1.13. The Labute approximate surface area is 157 Å². The van der Waals surface area contributed by atoms with E-state index >= 15 is 0 Å². The molecule has 0 spiro atoms. The van der Waals surface area contributed by atoms with Crippen LogP contribution in [0.4, 0.5) is 0 Å². The number of nitrogens with one attached hydrogen (secondary N) is 1. The van der Waals surface area contributed by atoms with Gasteiger partial charge in [-0.25, -0.2) is 0 Å². The van der Waals surface area contributed by atoms with Gasteiger partial charge >= 0.3 is 0 Å². The molecule has 0 atom stereocenters. The van der Waals surface area contributed by atoms with Crippen LogP contribution in [-0.2, 0) is 17.1 Å². The molecule has 0 bridgehead atoms. The first-order valence-electron chi connectivity index (χ1n) is 7.85. The Balaban J connectivity index is 1.72. The van der Waals surface area contributed by atoms with Crippen LogP contribution < -0.4 is 5.32 Å². The first kappa shape index (κ1) is 19.3. The van der Waals surface area contributed by atoms with Crippen LogP contribution >= 0.6 is 23.4 Å². The Morgan fingerprint density at radius 3 is 2.20 bits per heavy atom. The molecule has 0 heterocycles. The second kappa shape index (κ2) is 9.49. The van der Waals surface area contributed by atoms with Crippen molar-refractivity contribution in [3.8, 4) is 0 Å². The fourth-order valence-corrected chi connectivity index (χ4v) is 3.06. The topological polar surface area (TPSA) is 49.4 Å². The highest BCUT2D eigenvalue weighted by Crippen LogP contribution is 2.15. The van der Waals surface area contributed by atoms with Gasteiger partial charge in [0.2, 0.25) is 5.91 Å². The molecule has 0 saturated heterocycles. The fourth-order valence-electron chi connectivity index (χ4n) is 2.12. The van der Waals surface area contributed by atoms with Crippen molar-refractivity contribution in [1.29, 1.82) is 0 Å². The Kier molecular flexibility index (Phi) is 7.34. The molecular formula is C19H21ClN2O2S. The molecule has 4 nitrogen and oxygen atoms in total. The first-order valence-corrected chi connectivity index (χ1v) is 9.38. The maximum atomic E-state index is 11.9. The van der Waals surface area contributed by atoms with Gasteiger partial charge in [-0.05, 0) is 35.4 Å². The minimum Gasteiger partial charge on any atom is -0.351 e. The summed E-state index contributed by atoms with van der Waals surface area (Å²) >= 11 is 7.41. The van der Waals surface area contributed by atoms with E-state index in [1.54, 1.807) is 38.0 Å². The molecule has 0 unspecified atom stereocenters. The SMILES string of the molecule is CN(C)C(=O)c1ccc(CNC(=O)CSCc2ccc(Cl)cc2)cc1. The predicted molar refractivity (Wildman–Crippen MR) is 104 cm³/mol. The lowest BCUT2D eigenvalue weighted by atomic mass is 10.1. The minimum atomic E-state index is -0.0332. The highest BCUT2D eigenvalue weighted by Gasteiger charge is 2.07. The Morgan fingerprint density at radius 2 is 1.60 bits per heavy atom. The predicted octanol–water partition coefficient (Wildman–Crippen LogP) is 3.59. The van der Waals surface area contributed by atoms with E-state index in [4.69, 9.17) is 11.6 Å². The number of benzene rings is 2.